The number of amides is 1. The number of carbonyl (C=O) groups is 1. The maximum absolute atomic E-state index is 13.1. The van der Waals surface area contributed by atoms with Crippen molar-refractivity contribution in [1.82, 2.24) is 10.2 Å². The maximum Gasteiger partial charge on any atom is 0.404 e. The molecule has 0 aromatic carbocycles. The third-order valence-corrected chi connectivity index (χ3v) is 3.24. The highest BCUT2D eigenvalue weighted by Gasteiger charge is 2.47. The summed E-state index contributed by atoms with van der Waals surface area (Å²) in [4.78, 5) is 13.1. The standard InChI is InChI=1S/C12H22F3N3O2/c1-2-5-17-11(19)9-8-20-7-6-18(9)10(3-4-16)12(13,14)15/h9-10H,2-8,16H2,1H3,(H,17,19). The van der Waals surface area contributed by atoms with E-state index in [9.17, 15) is 18.0 Å². The molecule has 1 fully saturated rings. The molecule has 8 heteroatoms. The Labute approximate surface area is 116 Å². The number of carbonyl (C=O) groups excluding carboxylic acids is 1. The molecule has 118 valence electrons. The van der Waals surface area contributed by atoms with E-state index in [1.54, 1.807) is 0 Å². The van der Waals surface area contributed by atoms with Gasteiger partial charge in [-0.05, 0) is 19.4 Å². The molecule has 20 heavy (non-hydrogen) atoms. The molecule has 0 saturated carbocycles. The number of halogens is 3. The van der Waals surface area contributed by atoms with Crippen molar-refractivity contribution in [3.05, 3.63) is 0 Å². The molecule has 0 aliphatic carbocycles. The average molecular weight is 297 g/mol. The van der Waals surface area contributed by atoms with Gasteiger partial charge in [0.1, 0.15) is 12.1 Å². The zero-order chi connectivity index (χ0) is 15.2. The molecule has 5 nitrogen and oxygen atoms in total. The van der Waals surface area contributed by atoms with E-state index in [4.69, 9.17) is 10.5 Å². The van der Waals surface area contributed by atoms with Gasteiger partial charge in [-0.3, -0.25) is 9.69 Å². The second-order valence-electron chi connectivity index (χ2n) is 4.75. The van der Waals surface area contributed by atoms with E-state index in [-0.39, 0.29) is 32.7 Å². The van der Waals surface area contributed by atoms with Gasteiger partial charge in [0.15, 0.2) is 0 Å². The SMILES string of the molecule is CCCNC(=O)C1COCCN1C(CCN)C(F)(F)F. The van der Waals surface area contributed by atoms with E-state index in [0.29, 0.717) is 6.54 Å². The molecule has 1 aliphatic rings. The van der Waals surface area contributed by atoms with Crippen molar-refractivity contribution in [3.63, 3.8) is 0 Å². The lowest BCUT2D eigenvalue weighted by Gasteiger charge is -2.40. The number of hydrogen-bond donors (Lipinski definition) is 2. The highest BCUT2D eigenvalue weighted by molar-refractivity contribution is 5.82. The number of ether oxygens (including phenoxy) is 1. The Morgan fingerprint density at radius 1 is 1.55 bits per heavy atom. The molecular formula is C12H22F3N3O2. The van der Waals surface area contributed by atoms with Crippen LogP contribution < -0.4 is 11.1 Å². The van der Waals surface area contributed by atoms with Gasteiger partial charge in [-0.25, -0.2) is 0 Å². The first-order chi connectivity index (χ1) is 9.41. The van der Waals surface area contributed by atoms with Crippen molar-refractivity contribution < 1.29 is 22.7 Å². The number of alkyl halides is 3. The number of rotatable bonds is 6. The van der Waals surface area contributed by atoms with E-state index < -0.39 is 24.2 Å². The lowest BCUT2D eigenvalue weighted by atomic mass is 10.1. The van der Waals surface area contributed by atoms with Gasteiger partial charge in [0.25, 0.3) is 0 Å². The van der Waals surface area contributed by atoms with Crippen LogP contribution in [0.25, 0.3) is 0 Å². The van der Waals surface area contributed by atoms with E-state index in [1.807, 2.05) is 6.92 Å². The summed E-state index contributed by atoms with van der Waals surface area (Å²) in [7, 11) is 0. The fourth-order valence-electron chi connectivity index (χ4n) is 2.26. The third kappa shape index (κ3) is 4.60. The second kappa shape index (κ2) is 7.80. The average Bonchev–Trinajstić information content (AvgIpc) is 2.41. The predicted molar refractivity (Wildman–Crippen MR) is 68.1 cm³/mol. The van der Waals surface area contributed by atoms with Crippen LogP contribution in [0.2, 0.25) is 0 Å². The molecule has 1 rings (SSSR count). The van der Waals surface area contributed by atoms with Crippen LogP contribution in [0.15, 0.2) is 0 Å². The summed E-state index contributed by atoms with van der Waals surface area (Å²) in [6, 6.07) is -2.61. The van der Waals surface area contributed by atoms with Gasteiger partial charge in [-0.1, -0.05) is 6.92 Å². The quantitative estimate of drug-likeness (QED) is 0.749. The summed E-state index contributed by atoms with van der Waals surface area (Å²) in [5.74, 6) is -0.419. The van der Waals surface area contributed by atoms with Gasteiger partial charge in [-0.15, -0.1) is 0 Å². The summed E-state index contributed by atoms with van der Waals surface area (Å²) < 4.78 is 44.5. The highest BCUT2D eigenvalue weighted by atomic mass is 19.4. The Kier molecular flexibility index (Phi) is 6.70. The summed E-state index contributed by atoms with van der Waals surface area (Å²) in [6.45, 7) is 2.49. The molecule has 0 spiro atoms. The minimum Gasteiger partial charge on any atom is -0.378 e. The van der Waals surface area contributed by atoms with Gasteiger partial charge in [0, 0.05) is 13.1 Å². The lowest BCUT2D eigenvalue weighted by Crippen LogP contribution is -2.61. The Morgan fingerprint density at radius 2 is 2.25 bits per heavy atom. The zero-order valence-corrected chi connectivity index (χ0v) is 11.6. The first kappa shape index (κ1) is 17.2. The van der Waals surface area contributed by atoms with E-state index in [2.05, 4.69) is 5.32 Å². The summed E-state index contributed by atoms with van der Waals surface area (Å²) in [5.41, 5.74) is 5.28. The molecule has 0 aromatic rings. The largest absolute Gasteiger partial charge is 0.404 e. The van der Waals surface area contributed by atoms with Crippen molar-refractivity contribution >= 4 is 5.91 Å². The van der Waals surface area contributed by atoms with Gasteiger partial charge in [0.2, 0.25) is 5.91 Å². The van der Waals surface area contributed by atoms with Crippen LogP contribution in [0.3, 0.4) is 0 Å². The minimum atomic E-state index is -4.40. The van der Waals surface area contributed by atoms with Crippen LogP contribution in [-0.4, -0.2) is 61.9 Å². The monoisotopic (exact) mass is 297 g/mol. The van der Waals surface area contributed by atoms with Crippen LogP contribution in [-0.2, 0) is 9.53 Å². The van der Waals surface area contributed by atoms with E-state index in [1.165, 1.54) is 4.90 Å². The fourth-order valence-corrected chi connectivity index (χ4v) is 2.26. The molecule has 3 N–H and O–H groups in total. The van der Waals surface area contributed by atoms with Crippen molar-refractivity contribution in [1.29, 1.82) is 0 Å². The molecule has 1 saturated heterocycles. The zero-order valence-electron chi connectivity index (χ0n) is 11.6. The van der Waals surface area contributed by atoms with Crippen LogP contribution in [0.1, 0.15) is 19.8 Å². The number of hydrogen-bond acceptors (Lipinski definition) is 4. The third-order valence-electron chi connectivity index (χ3n) is 3.24. The molecule has 1 amide bonds. The van der Waals surface area contributed by atoms with Crippen molar-refractivity contribution in [2.45, 2.75) is 38.0 Å². The Bertz CT molecular complexity index is 313. The molecular weight excluding hydrogens is 275 g/mol. The molecule has 0 aromatic heterocycles. The second-order valence-corrected chi connectivity index (χ2v) is 4.75. The molecule has 1 aliphatic heterocycles. The molecule has 0 bridgehead atoms. The fraction of sp³-hybridized carbons (Fsp3) is 0.917. The van der Waals surface area contributed by atoms with Crippen LogP contribution in [0.4, 0.5) is 13.2 Å². The molecule has 1 heterocycles. The van der Waals surface area contributed by atoms with Gasteiger partial charge in [0.05, 0.1) is 13.2 Å². The Morgan fingerprint density at radius 3 is 2.80 bits per heavy atom. The number of nitrogens with zero attached hydrogens (tertiary/aromatic N) is 1. The first-order valence-electron chi connectivity index (χ1n) is 6.79. The molecule has 2 atom stereocenters. The van der Waals surface area contributed by atoms with Crippen LogP contribution >= 0.6 is 0 Å². The van der Waals surface area contributed by atoms with E-state index >= 15 is 0 Å². The smallest absolute Gasteiger partial charge is 0.378 e. The van der Waals surface area contributed by atoms with Crippen molar-refractivity contribution in [2.75, 3.05) is 32.8 Å². The van der Waals surface area contributed by atoms with Gasteiger partial charge < -0.3 is 15.8 Å². The molecule has 0 radical (unpaired) electrons. The summed E-state index contributed by atoms with van der Waals surface area (Å²) in [5, 5.41) is 2.62. The summed E-state index contributed by atoms with van der Waals surface area (Å²) >= 11 is 0. The highest BCUT2D eigenvalue weighted by Crippen LogP contribution is 2.29. The van der Waals surface area contributed by atoms with E-state index in [0.717, 1.165) is 6.42 Å². The van der Waals surface area contributed by atoms with Crippen molar-refractivity contribution in [2.24, 2.45) is 5.73 Å². The Balaban J connectivity index is 2.82. The maximum atomic E-state index is 13.1. The topological polar surface area (TPSA) is 67.6 Å². The summed E-state index contributed by atoms with van der Waals surface area (Å²) in [6.07, 6.45) is -3.90. The van der Waals surface area contributed by atoms with Gasteiger partial charge >= 0.3 is 6.18 Å². The van der Waals surface area contributed by atoms with Gasteiger partial charge in [-0.2, -0.15) is 13.2 Å². The van der Waals surface area contributed by atoms with Crippen LogP contribution in [0.5, 0.6) is 0 Å². The molecule has 2 unspecified atom stereocenters. The predicted octanol–water partition coefficient (Wildman–Crippen LogP) is 0.493. The minimum absolute atomic E-state index is 0.0211. The normalized spacial score (nSPS) is 22.6. The Hall–Kier alpha value is -0.860. The number of morpholine rings is 1. The lowest BCUT2D eigenvalue weighted by molar-refractivity contribution is -0.202. The number of nitrogens with two attached hydrogens (primary N) is 1. The first-order valence-corrected chi connectivity index (χ1v) is 6.79. The van der Waals surface area contributed by atoms with Crippen molar-refractivity contribution in [3.8, 4) is 0 Å². The van der Waals surface area contributed by atoms with Crippen LogP contribution in [0, 0.1) is 0 Å². The number of nitrogens with one attached hydrogen (secondary N) is 1.